The average molecular weight is 304 g/mol. The van der Waals surface area contributed by atoms with E-state index in [9.17, 15) is 0 Å². The first kappa shape index (κ1) is 14.7. The number of rotatable bonds is 4. The zero-order chi connectivity index (χ0) is 14.8. The maximum Gasteiger partial charge on any atom is 0.117 e. The molecular weight excluding hydrogens is 276 g/mol. The van der Waals surface area contributed by atoms with Crippen LogP contribution in [0.4, 0.5) is 0 Å². The number of nitrogens with zero attached hydrogens (tertiary/aromatic N) is 2. The fourth-order valence-electron chi connectivity index (χ4n) is 4.22. The minimum Gasteiger partial charge on any atom is -0.468 e. The van der Waals surface area contributed by atoms with Crippen molar-refractivity contribution < 1.29 is 9.15 Å². The minimum absolute atomic E-state index is 0.330. The van der Waals surface area contributed by atoms with Gasteiger partial charge in [-0.05, 0) is 50.3 Å². The number of piperidine rings is 1. The van der Waals surface area contributed by atoms with Crippen molar-refractivity contribution in [3.05, 3.63) is 24.2 Å². The van der Waals surface area contributed by atoms with Crippen LogP contribution in [-0.2, 0) is 11.3 Å². The Kier molecular flexibility index (Phi) is 4.25. The van der Waals surface area contributed by atoms with Crippen molar-refractivity contribution in [2.45, 2.75) is 32.2 Å². The first-order valence-electron chi connectivity index (χ1n) is 8.86. The SMILES string of the molecule is c1coc(CN2CCC[C@@]3(COCCN(CC4CC4)C3)C2)c1. The van der Waals surface area contributed by atoms with E-state index in [-0.39, 0.29) is 0 Å². The molecule has 2 aliphatic heterocycles. The quantitative estimate of drug-likeness (QED) is 0.855. The molecule has 0 bridgehead atoms. The van der Waals surface area contributed by atoms with Crippen molar-refractivity contribution in [3.8, 4) is 0 Å². The first-order valence-corrected chi connectivity index (χ1v) is 8.86. The van der Waals surface area contributed by atoms with Gasteiger partial charge in [0.05, 0.1) is 26.0 Å². The lowest BCUT2D eigenvalue weighted by Gasteiger charge is -2.43. The van der Waals surface area contributed by atoms with Crippen LogP contribution < -0.4 is 0 Å². The Labute approximate surface area is 133 Å². The lowest BCUT2D eigenvalue weighted by Crippen LogP contribution is -2.50. The molecule has 3 heterocycles. The zero-order valence-corrected chi connectivity index (χ0v) is 13.5. The van der Waals surface area contributed by atoms with Crippen molar-refractivity contribution in [2.24, 2.45) is 11.3 Å². The Bertz CT molecular complexity index is 471. The number of ether oxygens (including phenoxy) is 1. The average Bonchev–Trinajstić information content (AvgIpc) is 3.22. The number of likely N-dealkylation sites (tertiary alicyclic amines) is 1. The molecule has 4 rings (SSSR count). The number of furan rings is 1. The second kappa shape index (κ2) is 6.34. The fraction of sp³-hybridized carbons (Fsp3) is 0.778. The van der Waals surface area contributed by atoms with Gasteiger partial charge in [0.15, 0.2) is 0 Å². The van der Waals surface area contributed by atoms with Crippen LogP contribution in [0.2, 0.25) is 0 Å². The summed E-state index contributed by atoms with van der Waals surface area (Å²) >= 11 is 0. The highest BCUT2D eigenvalue weighted by Crippen LogP contribution is 2.36. The summed E-state index contributed by atoms with van der Waals surface area (Å²) in [4.78, 5) is 5.24. The van der Waals surface area contributed by atoms with Crippen molar-refractivity contribution in [2.75, 3.05) is 45.9 Å². The van der Waals surface area contributed by atoms with Crippen molar-refractivity contribution in [3.63, 3.8) is 0 Å². The van der Waals surface area contributed by atoms with Crippen LogP contribution in [0, 0.1) is 11.3 Å². The summed E-state index contributed by atoms with van der Waals surface area (Å²) in [6, 6.07) is 4.07. The smallest absolute Gasteiger partial charge is 0.117 e. The van der Waals surface area contributed by atoms with Gasteiger partial charge in [0, 0.05) is 31.6 Å². The van der Waals surface area contributed by atoms with Gasteiger partial charge in [-0.25, -0.2) is 0 Å². The third kappa shape index (κ3) is 3.55. The predicted octanol–water partition coefficient (Wildman–Crippen LogP) is 2.60. The topological polar surface area (TPSA) is 28.9 Å². The molecule has 4 nitrogen and oxygen atoms in total. The van der Waals surface area contributed by atoms with Crippen LogP contribution in [0.5, 0.6) is 0 Å². The van der Waals surface area contributed by atoms with Gasteiger partial charge in [-0.1, -0.05) is 0 Å². The monoisotopic (exact) mass is 304 g/mol. The summed E-state index contributed by atoms with van der Waals surface area (Å²) in [7, 11) is 0. The van der Waals surface area contributed by atoms with Gasteiger partial charge < -0.3 is 14.1 Å². The fourth-order valence-corrected chi connectivity index (χ4v) is 4.22. The molecule has 0 N–H and O–H groups in total. The van der Waals surface area contributed by atoms with Crippen LogP contribution in [0.3, 0.4) is 0 Å². The summed E-state index contributed by atoms with van der Waals surface area (Å²) < 4.78 is 11.5. The van der Waals surface area contributed by atoms with Crippen molar-refractivity contribution in [1.82, 2.24) is 9.80 Å². The van der Waals surface area contributed by atoms with Gasteiger partial charge in [0.2, 0.25) is 0 Å². The van der Waals surface area contributed by atoms with Gasteiger partial charge in [0.25, 0.3) is 0 Å². The van der Waals surface area contributed by atoms with Gasteiger partial charge >= 0.3 is 0 Å². The molecule has 1 aromatic heterocycles. The van der Waals surface area contributed by atoms with Gasteiger partial charge in [-0.2, -0.15) is 0 Å². The molecule has 4 heteroatoms. The van der Waals surface area contributed by atoms with E-state index in [0.29, 0.717) is 5.41 Å². The summed E-state index contributed by atoms with van der Waals surface area (Å²) in [5.41, 5.74) is 0.330. The molecule has 0 unspecified atom stereocenters. The maximum atomic E-state index is 6.01. The molecule has 22 heavy (non-hydrogen) atoms. The molecule has 1 saturated carbocycles. The molecule has 0 amide bonds. The second-order valence-corrected chi connectivity index (χ2v) is 7.62. The Hall–Kier alpha value is -0.840. The molecule has 0 radical (unpaired) electrons. The van der Waals surface area contributed by atoms with Gasteiger partial charge in [-0.3, -0.25) is 4.90 Å². The molecule has 1 spiro atoms. The molecule has 122 valence electrons. The number of hydrogen-bond acceptors (Lipinski definition) is 4. The Morgan fingerprint density at radius 2 is 2.09 bits per heavy atom. The van der Waals surface area contributed by atoms with E-state index in [1.165, 1.54) is 45.3 Å². The summed E-state index contributed by atoms with van der Waals surface area (Å²) in [6.45, 7) is 8.75. The van der Waals surface area contributed by atoms with Crippen LogP contribution >= 0.6 is 0 Å². The zero-order valence-electron chi connectivity index (χ0n) is 13.5. The van der Waals surface area contributed by atoms with E-state index < -0.39 is 0 Å². The molecule has 3 fully saturated rings. The molecular formula is C18H28N2O2. The molecule has 0 aromatic carbocycles. The Morgan fingerprint density at radius 1 is 1.18 bits per heavy atom. The van der Waals surface area contributed by atoms with E-state index in [0.717, 1.165) is 44.5 Å². The third-order valence-electron chi connectivity index (χ3n) is 5.43. The second-order valence-electron chi connectivity index (χ2n) is 7.62. The normalized spacial score (nSPS) is 31.5. The molecule has 3 aliphatic rings. The first-order chi connectivity index (χ1) is 10.8. The van der Waals surface area contributed by atoms with Gasteiger partial charge in [-0.15, -0.1) is 0 Å². The summed E-state index contributed by atoms with van der Waals surface area (Å²) in [5, 5.41) is 0. The Morgan fingerprint density at radius 3 is 2.91 bits per heavy atom. The highest BCUT2D eigenvalue weighted by molar-refractivity contribution is 5.00. The highest BCUT2D eigenvalue weighted by atomic mass is 16.5. The summed E-state index contributed by atoms with van der Waals surface area (Å²) in [5.74, 6) is 2.05. The Balaban J connectivity index is 1.41. The van der Waals surface area contributed by atoms with E-state index >= 15 is 0 Å². The highest BCUT2D eigenvalue weighted by Gasteiger charge is 2.39. The van der Waals surface area contributed by atoms with E-state index in [1.807, 2.05) is 6.07 Å². The largest absolute Gasteiger partial charge is 0.468 e. The van der Waals surface area contributed by atoms with E-state index in [1.54, 1.807) is 6.26 Å². The van der Waals surface area contributed by atoms with Crippen LogP contribution in [-0.4, -0.2) is 55.7 Å². The van der Waals surface area contributed by atoms with Gasteiger partial charge in [0.1, 0.15) is 5.76 Å². The van der Waals surface area contributed by atoms with Crippen LogP contribution in [0.1, 0.15) is 31.4 Å². The lowest BCUT2D eigenvalue weighted by molar-refractivity contribution is 0.000905. The molecule has 2 saturated heterocycles. The predicted molar refractivity (Wildman–Crippen MR) is 85.6 cm³/mol. The van der Waals surface area contributed by atoms with Crippen LogP contribution in [0.15, 0.2) is 22.8 Å². The molecule has 1 aliphatic carbocycles. The third-order valence-corrected chi connectivity index (χ3v) is 5.43. The minimum atomic E-state index is 0.330. The maximum absolute atomic E-state index is 6.01. The number of hydrogen-bond donors (Lipinski definition) is 0. The van der Waals surface area contributed by atoms with Crippen molar-refractivity contribution in [1.29, 1.82) is 0 Å². The van der Waals surface area contributed by atoms with Crippen molar-refractivity contribution >= 4 is 0 Å². The van der Waals surface area contributed by atoms with E-state index in [2.05, 4.69) is 15.9 Å². The molecule has 1 atom stereocenters. The standard InChI is InChI=1S/C18H28N2O2/c1-3-17(22-9-1)12-19-7-2-6-18(13-19)14-20(8-10-21-15-18)11-16-4-5-16/h1,3,9,16H,2,4-8,10-15H2/t18-/m1/s1. The molecule has 1 aromatic rings. The van der Waals surface area contributed by atoms with E-state index in [4.69, 9.17) is 9.15 Å². The lowest BCUT2D eigenvalue weighted by atomic mass is 9.80. The summed E-state index contributed by atoms with van der Waals surface area (Å²) in [6.07, 6.45) is 7.25. The van der Waals surface area contributed by atoms with Crippen LogP contribution in [0.25, 0.3) is 0 Å².